The van der Waals surface area contributed by atoms with Crippen molar-refractivity contribution in [1.82, 2.24) is 15.1 Å². The third-order valence-corrected chi connectivity index (χ3v) is 13.8. The molecule has 14 nitrogen and oxygen atoms in total. The molecule has 3 saturated heterocycles. The average molecular weight is 818 g/mol. The number of likely N-dealkylation sites (N-methyl/N-ethyl adjacent to an activating group) is 2. The first-order valence-corrected chi connectivity index (χ1v) is 21.6. The van der Waals surface area contributed by atoms with Crippen molar-refractivity contribution in [3.63, 3.8) is 0 Å². The van der Waals surface area contributed by atoms with Crippen molar-refractivity contribution in [1.29, 1.82) is 0 Å². The monoisotopic (exact) mass is 818 g/mol. The second kappa shape index (κ2) is 20.2. The van der Waals surface area contributed by atoms with E-state index in [9.17, 15) is 25.2 Å². The Kier molecular flexibility index (Phi) is 17.9. The molecule has 336 valence electrons. The van der Waals surface area contributed by atoms with Gasteiger partial charge in [-0.05, 0) is 99.3 Å². The summed E-state index contributed by atoms with van der Waals surface area (Å²) in [7, 11) is 5.45. The predicted molar refractivity (Wildman–Crippen MR) is 219 cm³/mol. The fourth-order valence-electron chi connectivity index (χ4n) is 9.84. The molecule has 0 aromatic rings. The van der Waals surface area contributed by atoms with Crippen LogP contribution >= 0.6 is 0 Å². The number of rotatable bonds is 11. The van der Waals surface area contributed by atoms with Crippen LogP contribution in [0.15, 0.2) is 0 Å². The Bertz CT molecular complexity index is 1250. The van der Waals surface area contributed by atoms with Gasteiger partial charge in [0.1, 0.15) is 29.0 Å². The van der Waals surface area contributed by atoms with Crippen LogP contribution in [0.4, 0.5) is 0 Å². The largest absolute Gasteiger partial charge is 0.459 e. The number of cyclic esters (lactones) is 1. The van der Waals surface area contributed by atoms with E-state index >= 15 is 0 Å². The third kappa shape index (κ3) is 11.3. The third-order valence-electron chi connectivity index (χ3n) is 13.8. The minimum Gasteiger partial charge on any atom is -0.459 e. The van der Waals surface area contributed by atoms with Crippen LogP contribution in [0.25, 0.3) is 0 Å². The van der Waals surface area contributed by atoms with Crippen LogP contribution in [0, 0.1) is 23.2 Å². The van der Waals surface area contributed by atoms with Gasteiger partial charge in [-0.25, -0.2) is 0 Å². The summed E-state index contributed by atoms with van der Waals surface area (Å²) in [5.41, 5.74) is -4.81. The lowest BCUT2D eigenvalue weighted by atomic mass is 9.72. The van der Waals surface area contributed by atoms with Crippen LogP contribution in [0.2, 0.25) is 0 Å². The fourth-order valence-corrected chi connectivity index (χ4v) is 9.84. The van der Waals surface area contributed by atoms with Gasteiger partial charge in [0, 0.05) is 44.6 Å². The molecule has 0 aromatic heterocycles. The Labute approximate surface area is 344 Å². The van der Waals surface area contributed by atoms with E-state index in [0.717, 1.165) is 13.1 Å². The molecule has 0 aliphatic carbocycles. The zero-order valence-corrected chi connectivity index (χ0v) is 38.3. The minimum absolute atomic E-state index is 0.0567. The number of nitrogens with one attached hydrogen (secondary N) is 1. The van der Waals surface area contributed by atoms with Crippen molar-refractivity contribution >= 4 is 5.97 Å². The Morgan fingerprint density at radius 3 is 2.07 bits per heavy atom. The van der Waals surface area contributed by atoms with Gasteiger partial charge in [-0.15, -0.1) is 0 Å². The molecule has 0 aromatic carbocycles. The van der Waals surface area contributed by atoms with Crippen LogP contribution in [0.3, 0.4) is 0 Å². The predicted octanol–water partition coefficient (Wildman–Crippen LogP) is 3.55. The number of ether oxygens (including phenoxy) is 6. The van der Waals surface area contributed by atoms with Crippen LogP contribution in [0.1, 0.15) is 116 Å². The molecular weight excluding hydrogens is 734 g/mol. The number of hydrogen-bond acceptors (Lipinski definition) is 14. The molecule has 3 heterocycles. The van der Waals surface area contributed by atoms with Gasteiger partial charge < -0.3 is 64.0 Å². The molecule has 3 rings (SSSR count). The van der Waals surface area contributed by atoms with Gasteiger partial charge >= 0.3 is 5.97 Å². The highest BCUT2D eigenvalue weighted by Crippen LogP contribution is 2.45. The molecule has 3 fully saturated rings. The second-order valence-electron chi connectivity index (χ2n) is 19.1. The first kappa shape index (κ1) is 50.3. The highest BCUT2D eigenvalue weighted by atomic mass is 16.7. The van der Waals surface area contributed by atoms with Gasteiger partial charge in [0.15, 0.2) is 12.6 Å². The number of carbonyl (C=O) groups is 1. The quantitative estimate of drug-likeness (QED) is 0.192. The van der Waals surface area contributed by atoms with Crippen molar-refractivity contribution in [2.24, 2.45) is 23.2 Å². The zero-order chi connectivity index (χ0) is 43.4. The molecule has 17 atom stereocenters. The molecule has 3 aliphatic rings. The summed E-state index contributed by atoms with van der Waals surface area (Å²) < 4.78 is 39.1. The number of hydrogen-bond donors (Lipinski definition) is 5. The van der Waals surface area contributed by atoms with E-state index in [4.69, 9.17) is 28.4 Å². The molecule has 5 N–H and O–H groups in total. The van der Waals surface area contributed by atoms with Crippen molar-refractivity contribution in [3.8, 4) is 0 Å². The van der Waals surface area contributed by atoms with E-state index in [1.54, 1.807) is 14.0 Å². The number of nitrogens with zero attached hydrogens (tertiary/aromatic N) is 2. The molecular formula is C43H83N3O11. The lowest BCUT2D eigenvalue weighted by Crippen LogP contribution is -2.70. The molecule has 57 heavy (non-hydrogen) atoms. The molecule has 0 spiro atoms. The normalized spacial score (nSPS) is 45.7. The molecule has 0 radical (unpaired) electrons. The summed E-state index contributed by atoms with van der Waals surface area (Å²) in [5.74, 6) is -2.43. The average Bonchev–Trinajstić information content (AvgIpc) is 3.14. The highest BCUT2D eigenvalue weighted by Gasteiger charge is 2.59. The Morgan fingerprint density at radius 2 is 1.53 bits per heavy atom. The van der Waals surface area contributed by atoms with Gasteiger partial charge in [-0.3, -0.25) is 4.79 Å². The van der Waals surface area contributed by atoms with E-state index in [0.29, 0.717) is 25.9 Å². The molecule has 0 saturated carbocycles. The fraction of sp³-hybridized carbons (Fsp3) is 0.977. The first-order chi connectivity index (χ1) is 26.3. The van der Waals surface area contributed by atoms with Gasteiger partial charge in [-0.2, -0.15) is 0 Å². The van der Waals surface area contributed by atoms with Crippen LogP contribution in [0.5, 0.6) is 0 Å². The highest BCUT2D eigenvalue weighted by molar-refractivity contribution is 5.73. The molecule has 0 unspecified atom stereocenters. The van der Waals surface area contributed by atoms with Gasteiger partial charge in [0.25, 0.3) is 0 Å². The Balaban J connectivity index is 2.18. The van der Waals surface area contributed by atoms with Gasteiger partial charge in [0.05, 0.1) is 36.4 Å². The molecule has 3 aliphatic heterocycles. The Morgan fingerprint density at radius 1 is 0.912 bits per heavy atom. The maximum Gasteiger partial charge on any atom is 0.311 e. The van der Waals surface area contributed by atoms with E-state index in [2.05, 4.69) is 31.0 Å². The summed E-state index contributed by atoms with van der Waals surface area (Å²) in [5, 5.41) is 50.7. The molecule has 0 bridgehead atoms. The van der Waals surface area contributed by atoms with E-state index in [-0.39, 0.29) is 36.9 Å². The maximum atomic E-state index is 14.4. The lowest BCUT2D eigenvalue weighted by Gasteiger charge is -2.54. The number of esters is 1. The Hall–Kier alpha value is -1.01. The lowest BCUT2D eigenvalue weighted by molar-refractivity contribution is -0.337. The topological polar surface area (TPSA) is 172 Å². The summed E-state index contributed by atoms with van der Waals surface area (Å²) in [6.07, 6.45) is -5.78. The van der Waals surface area contributed by atoms with Gasteiger partial charge in [0.2, 0.25) is 0 Å². The summed E-state index contributed by atoms with van der Waals surface area (Å²) in [6.45, 7) is 27.2. The minimum atomic E-state index is -1.74. The number of aliphatic hydroxyl groups excluding tert-OH is 2. The number of aliphatic hydroxyl groups is 4. The van der Waals surface area contributed by atoms with E-state index in [1.807, 2.05) is 74.4 Å². The SMILES string of the molecule is CC[C@H]1OC(=O)[C@H](C)[C@H](O[C@@H]2C[C@](C)(OC)[C@@](O)(CN(CC)CC)[C@H](C)O2)[C@H](C)[C@@H](O[C@@H]2O[C@H](C)C[C@H](N(C)C)[C@H]2O)C(C)(C)C[C@@H](C)NC[C@H](C)[C@@H](O)[C@]1(C)O. The summed E-state index contributed by atoms with van der Waals surface area (Å²) in [4.78, 5) is 18.6. The van der Waals surface area contributed by atoms with Crippen molar-refractivity contribution in [2.45, 2.75) is 200 Å². The van der Waals surface area contributed by atoms with Crippen LogP contribution < -0.4 is 5.32 Å². The van der Waals surface area contributed by atoms with Gasteiger partial charge in [-0.1, -0.05) is 48.5 Å². The zero-order valence-electron chi connectivity index (χ0n) is 38.3. The second-order valence-corrected chi connectivity index (χ2v) is 19.1. The maximum absolute atomic E-state index is 14.4. The smallest absolute Gasteiger partial charge is 0.311 e. The van der Waals surface area contributed by atoms with Crippen molar-refractivity contribution < 1.29 is 53.6 Å². The summed E-state index contributed by atoms with van der Waals surface area (Å²) in [6, 6.07) is -0.259. The number of carbonyl (C=O) groups excluding carboxylic acids is 1. The van der Waals surface area contributed by atoms with Crippen LogP contribution in [-0.2, 0) is 33.2 Å². The molecule has 0 amide bonds. The number of methoxy groups -OCH3 is 1. The van der Waals surface area contributed by atoms with Crippen molar-refractivity contribution in [3.05, 3.63) is 0 Å². The molecule has 14 heteroatoms. The van der Waals surface area contributed by atoms with Crippen LogP contribution in [-0.4, -0.2) is 168 Å². The van der Waals surface area contributed by atoms with E-state index < -0.39 is 89.2 Å². The first-order valence-electron chi connectivity index (χ1n) is 21.6. The summed E-state index contributed by atoms with van der Waals surface area (Å²) >= 11 is 0. The van der Waals surface area contributed by atoms with Crippen molar-refractivity contribution in [2.75, 3.05) is 47.4 Å². The standard InChI is InChI=1S/C43H83N3O11/c1-17-32-42(13,50)36(48)25(4)23-44-26(5)21-40(10,11)37(57-39-34(47)31(45(14)15)20-27(6)53-39)28(7)35(29(8)38(49)55-32)56-33-22-41(12,52-16)43(51,30(9)54-33)24-46(18-2)19-3/h25-37,39,44,47-48,50-51H,17-24H2,1-16H3/t25-,26+,27+,28-,29+,30-,31-,32+,33+,34+,35+,36+,37+,39-,41-,42+,43+/m0/s1. The van der Waals surface area contributed by atoms with E-state index in [1.165, 1.54) is 6.92 Å².